The molecular weight excluding hydrogens is 166 g/mol. The van der Waals surface area contributed by atoms with E-state index in [0.717, 1.165) is 17.7 Å². The van der Waals surface area contributed by atoms with E-state index in [0.29, 0.717) is 5.88 Å². The standard InChI is InChI=1S/C9H15N3O/c1-6(10)4-8-7(2)9(13-3)12-5-11-8/h5-6H,4,10H2,1-3H3. The van der Waals surface area contributed by atoms with Gasteiger partial charge in [-0.3, -0.25) is 0 Å². The number of rotatable bonds is 3. The molecule has 0 saturated heterocycles. The average Bonchev–Trinajstić information content (AvgIpc) is 2.08. The molecule has 2 N–H and O–H groups in total. The highest BCUT2D eigenvalue weighted by atomic mass is 16.5. The minimum absolute atomic E-state index is 0.110. The highest BCUT2D eigenvalue weighted by Crippen LogP contribution is 2.16. The summed E-state index contributed by atoms with van der Waals surface area (Å²) in [7, 11) is 1.60. The second kappa shape index (κ2) is 4.18. The summed E-state index contributed by atoms with van der Waals surface area (Å²) in [6.45, 7) is 3.89. The first kappa shape index (κ1) is 9.92. The van der Waals surface area contributed by atoms with Crippen LogP contribution in [-0.2, 0) is 6.42 Å². The molecule has 1 unspecified atom stereocenters. The summed E-state index contributed by atoms with van der Waals surface area (Å²) in [5, 5.41) is 0. The molecule has 0 spiro atoms. The summed E-state index contributed by atoms with van der Waals surface area (Å²) in [6, 6.07) is 0.110. The predicted molar refractivity (Wildman–Crippen MR) is 50.7 cm³/mol. The number of hydrogen-bond acceptors (Lipinski definition) is 4. The molecule has 0 aliphatic rings. The van der Waals surface area contributed by atoms with Crippen LogP contribution in [0.5, 0.6) is 5.88 Å². The fourth-order valence-electron chi connectivity index (χ4n) is 1.18. The van der Waals surface area contributed by atoms with Crippen molar-refractivity contribution < 1.29 is 4.74 Å². The van der Waals surface area contributed by atoms with Crippen LogP contribution in [0.4, 0.5) is 0 Å². The Balaban J connectivity index is 2.94. The molecule has 4 heteroatoms. The molecule has 1 aromatic heterocycles. The highest BCUT2D eigenvalue weighted by molar-refractivity contribution is 5.28. The Morgan fingerprint density at radius 3 is 2.77 bits per heavy atom. The van der Waals surface area contributed by atoms with E-state index < -0.39 is 0 Å². The van der Waals surface area contributed by atoms with Crippen molar-refractivity contribution in [1.29, 1.82) is 0 Å². The molecule has 0 amide bonds. The van der Waals surface area contributed by atoms with Gasteiger partial charge in [-0.15, -0.1) is 0 Å². The van der Waals surface area contributed by atoms with Gasteiger partial charge in [0.1, 0.15) is 6.33 Å². The Labute approximate surface area is 78.1 Å². The van der Waals surface area contributed by atoms with Gasteiger partial charge in [0.2, 0.25) is 5.88 Å². The second-order valence-corrected chi connectivity index (χ2v) is 3.14. The summed E-state index contributed by atoms with van der Waals surface area (Å²) in [4.78, 5) is 8.15. The summed E-state index contributed by atoms with van der Waals surface area (Å²) < 4.78 is 5.08. The summed E-state index contributed by atoms with van der Waals surface area (Å²) in [5.74, 6) is 0.630. The van der Waals surface area contributed by atoms with Gasteiger partial charge in [0, 0.05) is 18.0 Å². The van der Waals surface area contributed by atoms with Gasteiger partial charge in [-0.2, -0.15) is 0 Å². The first-order valence-electron chi connectivity index (χ1n) is 4.25. The zero-order valence-corrected chi connectivity index (χ0v) is 8.24. The Morgan fingerprint density at radius 2 is 2.23 bits per heavy atom. The van der Waals surface area contributed by atoms with Crippen molar-refractivity contribution in [2.75, 3.05) is 7.11 Å². The smallest absolute Gasteiger partial charge is 0.219 e. The van der Waals surface area contributed by atoms with Crippen molar-refractivity contribution in [1.82, 2.24) is 9.97 Å². The van der Waals surface area contributed by atoms with Gasteiger partial charge in [-0.25, -0.2) is 9.97 Å². The number of aromatic nitrogens is 2. The number of nitrogens with zero attached hydrogens (tertiary/aromatic N) is 2. The van der Waals surface area contributed by atoms with Gasteiger partial charge >= 0.3 is 0 Å². The van der Waals surface area contributed by atoms with Gasteiger partial charge in [0.15, 0.2) is 0 Å². The Morgan fingerprint density at radius 1 is 1.54 bits per heavy atom. The van der Waals surface area contributed by atoms with Crippen molar-refractivity contribution in [2.24, 2.45) is 5.73 Å². The second-order valence-electron chi connectivity index (χ2n) is 3.14. The van der Waals surface area contributed by atoms with Crippen molar-refractivity contribution in [3.63, 3.8) is 0 Å². The number of ether oxygens (including phenoxy) is 1. The number of methoxy groups -OCH3 is 1. The normalized spacial score (nSPS) is 12.6. The number of nitrogens with two attached hydrogens (primary N) is 1. The molecule has 0 fully saturated rings. The molecule has 1 rings (SSSR count). The molecule has 1 heterocycles. The average molecular weight is 181 g/mol. The first-order valence-corrected chi connectivity index (χ1v) is 4.25. The molecule has 1 atom stereocenters. The van der Waals surface area contributed by atoms with E-state index in [1.807, 2.05) is 13.8 Å². The van der Waals surface area contributed by atoms with Crippen LogP contribution in [0.1, 0.15) is 18.2 Å². The first-order chi connectivity index (χ1) is 6.15. The quantitative estimate of drug-likeness (QED) is 0.745. The maximum atomic E-state index is 5.68. The van der Waals surface area contributed by atoms with E-state index in [1.165, 1.54) is 6.33 Å². The van der Waals surface area contributed by atoms with Gasteiger partial charge in [0.05, 0.1) is 12.8 Å². The maximum Gasteiger partial charge on any atom is 0.219 e. The monoisotopic (exact) mass is 181 g/mol. The van der Waals surface area contributed by atoms with Crippen molar-refractivity contribution in [2.45, 2.75) is 26.3 Å². The third-order valence-electron chi connectivity index (χ3n) is 1.85. The Kier molecular flexibility index (Phi) is 3.19. The van der Waals surface area contributed by atoms with Crippen LogP contribution in [0.15, 0.2) is 6.33 Å². The molecule has 1 aromatic rings. The van der Waals surface area contributed by atoms with E-state index >= 15 is 0 Å². The van der Waals surface area contributed by atoms with Crippen LogP contribution in [0.3, 0.4) is 0 Å². The van der Waals surface area contributed by atoms with Crippen LogP contribution in [-0.4, -0.2) is 23.1 Å². The van der Waals surface area contributed by atoms with Crippen LogP contribution in [0.25, 0.3) is 0 Å². The molecule has 0 aliphatic heterocycles. The zero-order chi connectivity index (χ0) is 9.84. The van der Waals surface area contributed by atoms with Crippen LogP contribution in [0, 0.1) is 6.92 Å². The topological polar surface area (TPSA) is 61.0 Å². The van der Waals surface area contributed by atoms with E-state index in [9.17, 15) is 0 Å². The highest BCUT2D eigenvalue weighted by Gasteiger charge is 2.08. The van der Waals surface area contributed by atoms with E-state index in [4.69, 9.17) is 10.5 Å². The minimum Gasteiger partial charge on any atom is -0.481 e. The Bertz CT molecular complexity index is 286. The van der Waals surface area contributed by atoms with Crippen LogP contribution in [0.2, 0.25) is 0 Å². The predicted octanol–water partition coefficient (Wildman–Crippen LogP) is 0.683. The molecule has 13 heavy (non-hydrogen) atoms. The molecule has 0 aliphatic carbocycles. The van der Waals surface area contributed by atoms with Gasteiger partial charge in [0.25, 0.3) is 0 Å². The molecule has 0 radical (unpaired) electrons. The minimum atomic E-state index is 0.110. The fourth-order valence-corrected chi connectivity index (χ4v) is 1.18. The molecular formula is C9H15N3O. The lowest BCUT2D eigenvalue weighted by Crippen LogP contribution is -2.19. The van der Waals surface area contributed by atoms with Crippen LogP contribution >= 0.6 is 0 Å². The van der Waals surface area contributed by atoms with Gasteiger partial charge in [-0.1, -0.05) is 0 Å². The largest absolute Gasteiger partial charge is 0.481 e. The third kappa shape index (κ3) is 2.39. The lowest BCUT2D eigenvalue weighted by molar-refractivity contribution is 0.392. The Hall–Kier alpha value is -1.16. The maximum absolute atomic E-state index is 5.68. The summed E-state index contributed by atoms with van der Waals surface area (Å²) in [5.41, 5.74) is 7.62. The molecule has 72 valence electrons. The SMILES string of the molecule is COc1ncnc(CC(C)N)c1C. The molecule has 0 saturated carbocycles. The van der Waals surface area contributed by atoms with Crippen molar-refractivity contribution in [3.8, 4) is 5.88 Å². The summed E-state index contributed by atoms with van der Waals surface area (Å²) in [6.07, 6.45) is 2.26. The van der Waals surface area contributed by atoms with Crippen molar-refractivity contribution in [3.05, 3.63) is 17.6 Å². The molecule has 0 aromatic carbocycles. The third-order valence-corrected chi connectivity index (χ3v) is 1.85. The zero-order valence-electron chi connectivity index (χ0n) is 8.24. The fraction of sp³-hybridized carbons (Fsp3) is 0.556. The number of hydrogen-bond donors (Lipinski definition) is 1. The molecule has 4 nitrogen and oxygen atoms in total. The lowest BCUT2D eigenvalue weighted by Gasteiger charge is -2.09. The van der Waals surface area contributed by atoms with Crippen molar-refractivity contribution >= 4 is 0 Å². The van der Waals surface area contributed by atoms with E-state index in [2.05, 4.69) is 9.97 Å². The summed E-state index contributed by atoms with van der Waals surface area (Å²) >= 11 is 0. The van der Waals surface area contributed by atoms with E-state index in [-0.39, 0.29) is 6.04 Å². The lowest BCUT2D eigenvalue weighted by atomic mass is 10.1. The molecule has 0 bridgehead atoms. The van der Waals surface area contributed by atoms with Gasteiger partial charge < -0.3 is 10.5 Å². The van der Waals surface area contributed by atoms with Crippen LogP contribution < -0.4 is 10.5 Å². The van der Waals surface area contributed by atoms with Gasteiger partial charge in [-0.05, 0) is 13.8 Å². The van der Waals surface area contributed by atoms with E-state index in [1.54, 1.807) is 7.11 Å².